The molecule has 0 bridgehead atoms. The highest BCUT2D eigenvalue weighted by Gasteiger charge is 2.09. The Labute approximate surface area is 197 Å². The smallest absolute Gasteiger partial charge is 0.112 e. The third-order valence-corrected chi connectivity index (χ3v) is 4.49. The molecule has 0 fully saturated rings. The van der Waals surface area contributed by atoms with Gasteiger partial charge < -0.3 is 22.9 Å². The molecule has 0 aromatic rings. The summed E-state index contributed by atoms with van der Waals surface area (Å²) in [6.45, 7) is 12.1. The lowest BCUT2D eigenvalue weighted by molar-refractivity contribution is 0.294. The Bertz CT molecular complexity index is 284. The highest BCUT2D eigenvalue weighted by molar-refractivity contribution is 4.67. The minimum Gasteiger partial charge on any atom is -0.325 e. The maximum absolute atomic E-state index is 12.2. The van der Waals surface area contributed by atoms with E-state index in [0.29, 0.717) is 0 Å². The summed E-state index contributed by atoms with van der Waals surface area (Å²) >= 11 is 0. The first-order chi connectivity index (χ1) is 14.4. The van der Waals surface area contributed by atoms with Gasteiger partial charge in [-0.3, -0.25) is 0 Å². The molecule has 0 saturated heterocycles. The van der Waals surface area contributed by atoms with Gasteiger partial charge in [-0.1, -0.05) is 60.8 Å². The van der Waals surface area contributed by atoms with Crippen molar-refractivity contribution in [3.05, 3.63) is 0 Å². The van der Waals surface area contributed by atoms with Crippen LogP contribution in [0.1, 0.15) is 107 Å². The molecule has 0 heterocycles. The second-order valence-corrected chi connectivity index (χ2v) is 8.09. The van der Waals surface area contributed by atoms with E-state index in [9.17, 15) is 17.6 Å². The minimum absolute atomic E-state index is 0. The Hall–Kier alpha value is -0.440. The van der Waals surface area contributed by atoms with Crippen molar-refractivity contribution in [2.75, 3.05) is 6.67 Å². The van der Waals surface area contributed by atoms with Crippen LogP contribution in [0, 0.1) is 0 Å². The molecule has 0 aromatic carbocycles. The number of nitrogens with two attached hydrogens (primary N) is 4. The predicted octanol–water partition coefficient (Wildman–Crippen LogP) is 6.13. The van der Waals surface area contributed by atoms with Crippen LogP contribution in [0.2, 0.25) is 0 Å². The van der Waals surface area contributed by atoms with Crippen molar-refractivity contribution in [2.45, 2.75) is 150 Å². The van der Waals surface area contributed by atoms with Crippen molar-refractivity contribution in [3.8, 4) is 0 Å². The number of hydrogen-bond donors (Lipinski definition) is 4. The van der Waals surface area contributed by atoms with E-state index < -0.39 is 18.5 Å². The van der Waals surface area contributed by atoms with Gasteiger partial charge in [0.15, 0.2) is 0 Å². The summed E-state index contributed by atoms with van der Waals surface area (Å²) < 4.78 is 47.9. The van der Waals surface area contributed by atoms with E-state index >= 15 is 0 Å². The van der Waals surface area contributed by atoms with Gasteiger partial charge in [0.25, 0.3) is 0 Å². The molecular formula is C24H58F4N4. The van der Waals surface area contributed by atoms with Crippen molar-refractivity contribution < 1.29 is 17.6 Å². The van der Waals surface area contributed by atoms with E-state index in [1.807, 2.05) is 27.7 Å². The molecule has 0 aliphatic rings. The van der Waals surface area contributed by atoms with Crippen LogP contribution in [-0.2, 0) is 0 Å². The summed E-state index contributed by atoms with van der Waals surface area (Å²) in [5, 5.41) is 0. The van der Waals surface area contributed by atoms with Gasteiger partial charge in [-0.15, -0.1) is 0 Å². The molecule has 0 unspecified atom stereocenters. The molecule has 32 heavy (non-hydrogen) atoms. The summed E-state index contributed by atoms with van der Waals surface area (Å²) in [7, 11) is 0. The molecular weight excluding hydrogens is 420 g/mol. The van der Waals surface area contributed by atoms with Gasteiger partial charge >= 0.3 is 0 Å². The molecule has 0 saturated carbocycles. The van der Waals surface area contributed by atoms with Gasteiger partial charge in [0.1, 0.15) is 25.2 Å². The summed E-state index contributed by atoms with van der Waals surface area (Å²) in [5.74, 6) is 0. The molecule has 0 amide bonds. The largest absolute Gasteiger partial charge is 0.325 e. The van der Waals surface area contributed by atoms with Gasteiger partial charge in [0.2, 0.25) is 0 Å². The average molecular weight is 479 g/mol. The van der Waals surface area contributed by atoms with Gasteiger partial charge in [-0.25, -0.2) is 17.6 Å². The van der Waals surface area contributed by atoms with Gasteiger partial charge in [-0.05, 0) is 46.5 Å². The number of rotatable bonds is 12. The van der Waals surface area contributed by atoms with Crippen LogP contribution in [0.4, 0.5) is 17.6 Å². The fourth-order valence-electron chi connectivity index (χ4n) is 2.14. The minimum atomic E-state index is -0.852. The molecule has 0 radical (unpaired) electrons. The van der Waals surface area contributed by atoms with Crippen LogP contribution >= 0.6 is 0 Å². The Kier molecular flexibility index (Phi) is 39.9. The summed E-state index contributed by atoms with van der Waals surface area (Å²) in [6, 6.07) is -0.968. The fourth-order valence-corrected chi connectivity index (χ4v) is 2.14. The van der Waals surface area contributed by atoms with E-state index in [0.717, 1.165) is 51.4 Å². The van der Waals surface area contributed by atoms with E-state index in [2.05, 4.69) is 0 Å². The molecule has 4 nitrogen and oxygen atoms in total. The predicted molar refractivity (Wildman–Crippen MR) is 136 cm³/mol. The Morgan fingerprint density at radius 1 is 0.531 bits per heavy atom. The average Bonchev–Trinajstić information content (AvgIpc) is 2.70. The van der Waals surface area contributed by atoms with Gasteiger partial charge in [0, 0.05) is 24.2 Å². The normalized spacial score (nSPS) is 16.6. The molecule has 202 valence electrons. The summed E-state index contributed by atoms with van der Waals surface area (Å²) in [4.78, 5) is 0. The first-order valence-corrected chi connectivity index (χ1v) is 11.9. The molecule has 0 spiro atoms. The quantitative estimate of drug-likeness (QED) is 0.253. The first kappa shape index (κ1) is 41.8. The second-order valence-electron chi connectivity index (χ2n) is 8.09. The SMILES string of the molecule is C.CCC[C@H](N)CF.CCC[C@H](N)[C@@H](C)F.CCC[C@H](N)[C@@H](C)F.CCC[C@H](N)[C@H](C)F. The van der Waals surface area contributed by atoms with Crippen LogP contribution < -0.4 is 22.9 Å². The third kappa shape index (κ3) is 36.9. The van der Waals surface area contributed by atoms with E-state index in [4.69, 9.17) is 22.9 Å². The lowest BCUT2D eigenvalue weighted by Gasteiger charge is -2.09. The highest BCUT2D eigenvalue weighted by Crippen LogP contribution is 2.02. The molecule has 0 aliphatic carbocycles. The second kappa shape index (κ2) is 30.6. The van der Waals surface area contributed by atoms with Crippen molar-refractivity contribution in [2.24, 2.45) is 22.9 Å². The maximum atomic E-state index is 12.2. The molecule has 0 rings (SSSR count). The Morgan fingerprint density at radius 2 is 0.750 bits per heavy atom. The zero-order valence-electron chi connectivity index (χ0n) is 21.2. The topological polar surface area (TPSA) is 104 Å². The van der Waals surface area contributed by atoms with E-state index in [-0.39, 0.29) is 38.3 Å². The van der Waals surface area contributed by atoms with E-state index in [1.54, 1.807) is 0 Å². The highest BCUT2D eigenvalue weighted by atomic mass is 19.1. The Morgan fingerprint density at radius 3 is 0.812 bits per heavy atom. The lowest BCUT2D eigenvalue weighted by Crippen LogP contribution is -2.28. The van der Waals surface area contributed by atoms with Crippen LogP contribution in [0.15, 0.2) is 0 Å². The monoisotopic (exact) mass is 478 g/mol. The van der Waals surface area contributed by atoms with Crippen LogP contribution in [0.3, 0.4) is 0 Å². The molecule has 8 N–H and O–H groups in total. The maximum Gasteiger partial charge on any atom is 0.112 e. The third-order valence-electron chi connectivity index (χ3n) is 4.49. The molecule has 7 atom stereocenters. The summed E-state index contributed by atoms with van der Waals surface area (Å²) in [5.41, 5.74) is 21.3. The van der Waals surface area contributed by atoms with Crippen molar-refractivity contribution in [3.63, 3.8) is 0 Å². The Balaban J connectivity index is -0.000000100. The molecule has 0 aliphatic heterocycles. The van der Waals surface area contributed by atoms with Crippen molar-refractivity contribution in [1.29, 1.82) is 0 Å². The van der Waals surface area contributed by atoms with Crippen LogP contribution in [0.25, 0.3) is 0 Å². The zero-order chi connectivity index (χ0) is 25.4. The van der Waals surface area contributed by atoms with Crippen LogP contribution in [0.5, 0.6) is 0 Å². The zero-order valence-corrected chi connectivity index (χ0v) is 21.2. The molecule has 0 aromatic heterocycles. The van der Waals surface area contributed by atoms with Crippen molar-refractivity contribution >= 4 is 0 Å². The molecule has 8 heteroatoms. The fraction of sp³-hybridized carbons (Fsp3) is 1.00. The number of alkyl halides is 4. The van der Waals surface area contributed by atoms with Gasteiger partial charge in [0.05, 0.1) is 0 Å². The van der Waals surface area contributed by atoms with E-state index in [1.165, 1.54) is 20.8 Å². The lowest BCUT2D eigenvalue weighted by atomic mass is 10.1. The number of halogens is 4. The standard InChI is InChI=1S/3C6H14FN.C5H12FN.CH4/c3*1-3-4-6(8)5(2)7;1-2-3-5(7)4-6;/h3*5-6H,3-4,8H2,1-2H3;5H,2-4,7H2,1H3;1H4/t2*5-,6+;5-,6-;5-;/m1100./s1. The van der Waals surface area contributed by atoms with Crippen LogP contribution in [-0.4, -0.2) is 49.4 Å². The number of hydrogen-bond acceptors (Lipinski definition) is 4. The first-order valence-electron chi connectivity index (χ1n) is 11.9. The van der Waals surface area contributed by atoms with Crippen molar-refractivity contribution in [1.82, 2.24) is 0 Å². The van der Waals surface area contributed by atoms with Gasteiger partial charge in [-0.2, -0.15) is 0 Å². The summed E-state index contributed by atoms with van der Waals surface area (Å²) in [6.07, 6.45) is 4.49.